The van der Waals surface area contributed by atoms with Crippen LogP contribution in [-0.4, -0.2) is 11.9 Å². The van der Waals surface area contributed by atoms with Crippen molar-refractivity contribution in [3.63, 3.8) is 0 Å². The van der Waals surface area contributed by atoms with Gasteiger partial charge in [0.1, 0.15) is 12.1 Å². The largest absolute Gasteiger partial charge is 0.370 e. The molecule has 0 fully saturated rings. The van der Waals surface area contributed by atoms with Gasteiger partial charge in [0.25, 0.3) is 0 Å². The summed E-state index contributed by atoms with van der Waals surface area (Å²) in [6.07, 6.45) is 0. The summed E-state index contributed by atoms with van der Waals surface area (Å²) in [6.45, 7) is 0. The van der Waals surface area contributed by atoms with Crippen LogP contribution < -0.4 is 22.9 Å². The van der Waals surface area contributed by atoms with Crippen LogP contribution in [0.2, 0.25) is 0 Å². The Labute approximate surface area is 129 Å². The molecule has 114 valence electrons. The van der Waals surface area contributed by atoms with Crippen LogP contribution in [0.25, 0.3) is 0 Å². The maximum absolute atomic E-state index is 5.59. The molecule has 2 rings (SSSR count). The van der Waals surface area contributed by atoms with E-state index in [0.29, 0.717) is 0 Å². The molecule has 0 spiro atoms. The number of rotatable bonds is 5. The lowest BCUT2D eigenvalue weighted by atomic mass is 9.94. The lowest BCUT2D eigenvalue weighted by Gasteiger charge is -2.22. The van der Waals surface area contributed by atoms with Gasteiger partial charge in [-0.1, -0.05) is 60.7 Å². The second-order valence-electron chi connectivity index (χ2n) is 4.82. The minimum absolute atomic E-state index is 0.0134. The first kappa shape index (κ1) is 15.4. The number of aliphatic imine (C=N–C) groups is 2. The molecule has 6 heteroatoms. The molecule has 0 unspecified atom stereocenters. The van der Waals surface area contributed by atoms with Gasteiger partial charge in [0.05, 0.1) is 0 Å². The highest BCUT2D eigenvalue weighted by molar-refractivity contribution is 5.77. The second-order valence-corrected chi connectivity index (χ2v) is 4.82. The SMILES string of the molecule is NC(N)=N[C@H](c1ccccc1)[C@H](N=C(N)N)c1ccccc1. The van der Waals surface area contributed by atoms with Gasteiger partial charge in [-0.3, -0.25) is 0 Å². The van der Waals surface area contributed by atoms with E-state index in [4.69, 9.17) is 22.9 Å². The quantitative estimate of drug-likeness (QED) is 0.485. The zero-order chi connectivity index (χ0) is 15.9. The zero-order valence-corrected chi connectivity index (χ0v) is 12.1. The number of hydrogen-bond donors (Lipinski definition) is 4. The van der Waals surface area contributed by atoms with Gasteiger partial charge in [-0.15, -0.1) is 0 Å². The first-order valence-corrected chi connectivity index (χ1v) is 6.85. The number of hydrogen-bond acceptors (Lipinski definition) is 2. The highest BCUT2D eigenvalue weighted by atomic mass is 15.1. The van der Waals surface area contributed by atoms with Crippen LogP contribution in [0.15, 0.2) is 70.6 Å². The van der Waals surface area contributed by atoms with Crippen molar-refractivity contribution in [3.8, 4) is 0 Å². The lowest BCUT2D eigenvalue weighted by molar-refractivity contribution is 0.577. The molecule has 0 aromatic heterocycles. The number of nitrogens with two attached hydrogens (primary N) is 4. The molecule has 2 aromatic rings. The van der Waals surface area contributed by atoms with Crippen molar-refractivity contribution >= 4 is 11.9 Å². The lowest BCUT2D eigenvalue weighted by Crippen LogP contribution is -2.27. The van der Waals surface area contributed by atoms with E-state index in [-0.39, 0.29) is 11.9 Å². The Kier molecular flexibility index (Phi) is 4.98. The van der Waals surface area contributed by atoms with Gasteiger partial charge in [-0.25, -0.2) is 9.98 Å². The van der Waals surface area contributed by atoms with E-state index in [1.54, 1.807) is 0 Å². The molecule has 0 aliphatic rings. The van der Waals surface area contributed by atoms with E-state index >= 15 is 0 Å². The number of benzene rings is 2. The highest BCUT2D eigenvalue weighted by Gasteiger charge is 2.24. The monoisotopic (exact) mass is 296 g/mol. The summed E-state index contributed by atoms with van der Waals surface area (Å²) < 4.78 is 0. The van der Waals surface area contributed by atoms with Crippen LogP contribution in [0.4, 0.5) is 0 Å². The van der Waals surface area contributed by atoms with Gasteiger partial charge in [-0.05, 0) is 11.1 Å². The van der Waals surface area contributed by atoms with Gasteiger partial charge < -0.3 is 22.9 Å². The Balaban J connectivity index is 2.54. The van der Waals surface area contributed by atoms with Gasteiger partial charge in [0.15, 0.2) is 11.9 Å². The molecule has 0 saturated heterocycles. The Morgan fingerprint density at radius 1 is 0.591 bits per heavy atom. The Morgan fingerprint density at radius 3 is 1.18 bits per heavy atom. The Bertz CT molecular complexity index is 583. The second kappa shape index (κ2) is 7.12. The van der Waals surface area contributed by atoms with Crippen molar-refractivity contribution < 1.29 is 0 Å². The molecule has 22 heavy (non-hydrogen) atoms. The third-order valence-corrected chi connectivity index (χ3v) is 3.16. The van der Waals surface area contributed by atoms with E-state index in [0.717, 1.165) is 11.1 Å². The van der Waals surface area contributed by atoms with Crippen LogP contribution in [-0.2, 0) is 0 Å². The molecule has 6 nitrogen and oxygen atoms in total. The molecule has 0 radical (unpaired) electrons. The van der Waals surface area contributed by atoms with Gasteiger partial charge in [0, 0.05) is 0 Å². The maximum Gasteiger partial charge on any atom is 0.186 e. The predicted molar refractivity (Wildman–Crippen MR) is 90.0 cm³/mol. The molecule has 0 aliphatic heterocycles. The number of nitrogens with zero attached hydrogens (tertiary/aromatic N) is 2. The first-order valence-electron chi connectivity index (χ1n) is 6.85. The zero-order valence-electron chi connectivity index (χ0n) is 12.1. The summed E-state index contributed by atoms with van der Waals surface area (Å²) in [5, 5.41) is 0. The molecule has 0 bridgehead atoms. The van der Waals surface area contributed by atoms with Gasteiger partial charge in [0.2, 0.25) is 0 Å². The molecule has 2 atom stereocenters. The van der Waals surface area contributed by atoms with Gasteiger partial charge in [-0.2, -0.15) is 0 Å². The summed E-state index contributed by atoms with van der Waals surface area (Å²) >= 11 is 0. The van der Waals surface area contributed by atoms with Crippen molar-refractivity contribution in [3.05, 3.63) is 71.8 Å². The minimum atomic E-state index is -0.407. The molecule has 2 aromatic carbocycles. The smallest absolute Gasteiger partial charge is 0.186 e. The van der Waals surface area contributed by atoms with Crippen molar-refractivity contribution in [2.24, 2.45) is 32.9 Å². The molecule has 8 N–H and O–H groups in total. The summed E-state index contributed by atoms with van der Waals surface area (Å²) in [4.78, 5) is 8.66. The molecule has 0 amide bonds. The summed E-state index contributed by atoms with van der Waals surface area (Å²) in [6, 6.07) is 18.5. The van der Waals surface area contributed by atoms with Crippen molar-refractivity contribution in [1.82, 2.24) is 0 Å². The molecular weight excluding hydrogens is 276 g/mol. The van der Waals surface area contributed by atoms with Crippen molar-refractivity contribution in [2.45, 2.75) is 12.1 Å². The molecular formula is C16H20N6. The van der Waals surface area contributed by atoms with E-state index in [9.17, 15) is 0 Å². The average molecular weight is 296 g/mol. The Hall–Kier alpha value is -3.02. The predicted octanol–water partition coefficient (Wildman–Crippen LogP) is 1.02. The molecule has 0 heterocycles. The van der Waals surface area contributed by atoms with E-state index in [1.165, 1.54) is 0 Å². The fraction of sp³-hybridized carbons (Fsp3) is 0.125. The van der Waals surface area contributed by atoms with Crippen LogP contribution in [0.5, 0.6) is 0 Å². The van der Waals surface area contributed by atoms with Crippen molar-refractivity contribution in [1.29, 1.82) is 0 Å². The fourth-order valence-electron chi connectivity index (χ4n) is 2.28. The van der Waals surface area contributed by atoms with Crippen LogP contribution >= 0.6 is 0 Å². The first-order chi connectivity index (χ1) is 10.6. The van der Waals surface area contributed by atoms with E-state index < -0.39 is 12.1 Å². The molecule has 0 aliphatic carbocycles. The minimum Gasteiger partial charge on any atom is -0.370 e. The van der Waals surface area contributed by atoms with Crippen LogP contribution in [0.3, 0.4) is 0 Å². The van der Waals surface area contributed by atoms with E-state index in [1.807, 2.05) is 60.7 Å². The topological polar surface area (TPSA) is 129 Å². The summed E-state index contributed by atoms with van der Waals surface area (Å²) in [7, 11) is 0. The fourth-order valence-corrected chi connectivity index (χ4v) is 2.28. The Morgan fingerprint density at radius 2 is 0.909 bits per heavy atom. The number of guanidine groups is 2. The highest BCUT2D eigenvalue weighted by Crippen LogP contribution is 2.35. The normalized spacial score (nSPS) is 12.9. The standard InChI is InChI=1S/C16H20N6/c17-15(18)21-13(11-7-3-1-4-8-11)14(22-16(19)20)12-9-5-2-6-10-12/h1-10,13-14H,(H4,17,18,21)(H4,19,20,22)/t13-,14-/m1/s1. The third kappa shape index (κ3) is 3.99. The molecule has 0 saturated carbocycles. The third-order valence-electron chi connectivity index (χ3n) is 3.16. The van der Waals surface area contributed by atoms with Crippen LogP contribution in [0.1, 0.15) is 23.2 Å². The maximum atomic E-state index is 5.59. The van der Waals surface area contributed by atoms with E-state index in [2.05, 4.69) is 9.98 Å². The summed E-state index contributed by atoms with van der Waals surface area (Å²) in [5.74, 6) is -0.0267. The summed E-state index contributed by atoms with van der Waals surface area (Å²) in [5.41, 5.74) is 24.2. The van der Waals surface area contributed by atoms with Gasteiger partial charge >= 0.3 is 0 Å². The van der Waals surface area contributed by atoms with Crippen molar-refractivity contribution in [2.75, 3.05) is 0 Å². The van der Waals surface area contributed by atoms with Crippen LogP contribution in [0, 0.1) is 0 Å². The average Bonchev–Trinajstić information content (AvgIpc) is 2.52.